The van der Waals surface area contributed by atoms with Crippen molar-refractivity contribution >= 4 is 0 Å². The van der Waals surface area contributed by atoms with Crippen LogP contribution in [0.2, 0.25) is 0 Å². The van der Waals surface area contributed by atoms with Gasteiger partial charge in [-0.3, -0.25) is 16.3 Å². The highest BCUT2D eigenvalue weighted by Crippen LogP contribution is 2.56. The van der Waals surface area contributed by atoms with Crippen LogP contribution >= 0.6 is 0 Å². The van der Waals surface area contributed by atoms with Gasteiger partial charge in [0.15, 0.2) is 0 Å². The molecule has 3 rings (SSSR count). The standard InChI is InChI=1S/C15H18N4O/c1-20-14-12(17-9-10-18-14)13(19-16)15(7-8-15)11-5-3-2-4-6-11/h2-6,9-10,13,19H,7-8,16H2,1H3. The summed E-state index contributed by atoms with van der Waals surface area (Å²) in [7, 11) is 1.60. The van der Waals surface area contributed by atoms with E-state index in [0.717, 1.165) is 18.5 Å². The number of hydrogen-bond acceptors (Lipinski definition) is 5. The molecule has 1 aromatic carbocycles. The number of ether oxygens (including phenoxy) is 1. The molecule has 0 aliphatic heterocycles. The number of hydrazine groups is 1. The van der Waals surface area contributed by atoms with Crippen LogP contribution in [0.25, 0.3) is 0 Å². The Balaban J connectivity index is 2.02. The van der Waals surface area contributed by atoms with Crippen molar-refractivity contribution in [2.24, 2.45) is 5.84 Å². The number of nitrogens with zero attached hydrogens (tertiary/aromatic N) is 2. The molecular formula is C15H18N4O. The van der Waals surface area contributed by atoms with Crippen molar-refractivity contribution in [2.45, 2.75) is 24.3 Å². The van der Waals surface area contributed by atoms with E-state index in [1.165, 1.54) is 5.56 Å². The SMILES string of the molecule is COc1nccnc1C(NN)C1(c2ccccc2)CC1. The maximum atomic E-state index is 5.82. The Morgan fingerprint density at radius 3 is 2.50 bits per heavy atom. The summed E-state index contributed by atoms with van der Waals surface area (Å²) in [4.78, 5) is 8.64. The van der Waals surface area contributed by atoms with Gasteiger partial charge >= 0.3 is 0 Å². The Morgan fingerprint density at radius 2 is 1.90 bits per heavy atom. The maximum absolute atomic E-state index is 5.82. The number of hydrogen-bond donors (Lipinski definition) is 2. The number of aromatic nitrogens is 2. The Labute approximate surface area is 118 Å². The molecule has 1 aromatic heterocycles. The quantitative estimate of drug-likeness (QED) is 0.639. The summed E-state index contributed by atoms with van der Waals surface area (Å²) in [6, 6.07) is 10.3. The van der Waals surface area contributed by atoms with Gasteiger partial charge in [-0.2, -0.15) is 0 Å². The molecule has 5 heteroatoms. The molecule has 0 bridgehead atoms. The summed E-state index contributed by atoms with van der Waals surface area (Å²) in [5.41, 5.74) is 4.93. The molecular weight excluding hydrogens is 252 g/mol. The number of nitrogens with two attached hydrogens (primary N) is 1. The van der Waals surface area contributed by atoms with Crippen LogP contribution in [-0.2, 0) is 5.41 Å². The minimum atomic E-state index is -0.103. The van der Waals surface area contributed by atoms with Crippen molar-refractivity contribution in [3.05, 3.63) is 54.0 Å². The largest absolute Gasteiger partial charge is 0.480 e. The number of rotatable bonds is 5. The normalized spacial score (nSPS) is 17.5. The van der Waals surface area contributed by atoms with E-state index >= 15 is 0 Å². The lowest BCUT2D eigenvalue weighted by Crippen LogP contribution is -2.37. The van der Waals surface area contributed by atoms with Gasteiger partial charge in [-0.1, -0.05) is 30.3 Å². The van der Waals surface area contributed by atoms with E-state index < -0.39 is 0 Å². The molecule has 5 nitrogen and oxygen atoms in total. The van der Waals surface area contributed by atoms with Crippen LogP contribution in [0, 0.1) is 0 Å². The first kappa shape index (κ1) is 13.0. The van der Waals surface area contributed by atoms with Crippen molar-refractivity contribution in [2.75, 3.05) is 7.11 Å². The zero-order valence-electron chi connectivity index (χ0n) is 11.4. The summed E-state index contributed by atoms with van der Waals surface area (Å²) >= 11 is 0. The van der Waals surface area contributed by atoms with Gasteiger partial charge in [0.05, 0.1) is 13.2 Å². The molecule has 1 atom stereocenters. The fraction of sp³-hybridized carbons (Fsp3) is 0.333. The molecule has 1 aliphatic carbocycles. The molecule has 0 saturated heterocycles. The van der Waals surface area contributed by atoms with Gasteiger partial charge in [0.2, 0.25) is 5.88 Å². The molecule has 1 saturated carbocycles. The van der Waals surface area contributed by atoms with E-state index in [2.05, 4.69) is 39.7 Å². The fourth-order valence-corrected chi connectivity index (χ4v) is 2.84. The highest BCUT2D eigenvalue weighted by molar-refractivity contribution is 5.38. The predicted octanol–water partition coefficient (Wildman–Crippen LogP) is 1.72. The molecule has 1 unspecified atom stereocenters. The molecule has 0 spiro atoms. The van der Waals surface area contributed by atoms with Gasteiger partial charge in [0, 0.05) is 17.8 Å². The second-order valence-electron chi connectivity index (χ2n) is 5.07. The third-order valence-corrected chi connectivity index (χ3v) is 4.01. The third kappa shape index (κ3) is 2.05. The number of methoxy groups -OCH3 is 1. The van der Waals surface area contributed by atoms with E-state index in [1.807, 2.05) is 6.07 Å². The lowest BCUT2D eigenvalue weighted by molar-refractivity contribution is 0.359. The van der Waals surface area contributed by atoms with Crippen molar-refractivity contribution in [1.82, 2.24) is 15.4 Å². The molecule has 1 aliphatic rings. The summed E-state index contributed by atoms with van der Waals surface area (Å²) in [6.07, 6.45) is 5.44. The first-order chi connectivity index (χ1) is 9.81. The van der Waals surface area contributed by atoms with Crippen LogP contribution in [0.15, 0.2) is 42.7 Å². The molecule has 1 heterocycles. The van der Waals surface area contributed by atoms with E-state index in [0.29, 0.717) is 5.88 Å². The summed E-state index contributed by atoms with van der Waals surface area (Å²) < 4.78 is 5.32. The minimum Gasteiger partial charge on any atom is -0.480 e. The summed E-state index contributed by atoms with van der Waals surface area (Å²) in [6.45, 7) is 0. The Kier molecular flexibility index (Phi) is 3.38. The molecule has 0 amide bonds. The first-order valence-corrected chi connectivity index (χ1v) is 6.68. The van der Waals surface area contributed by atoms with Crippen LogP contribution in [0.5, 0.6) is 5.88 Å². The van der Waals surface area contributed by atoms with Gasteiger partial charge in [0.1, 0.15) is 5.69 Å². The van der Waals surface area contributed by atoms with Gasteiger partial charge in [-0.25, -0.2) is 4.98 Å². The summed E-state index contributed by atoms with van der Waals surface area (Å²) in [5.74, 6) is 6.34. The number of benzene rings is 1. The highest BCUT2D eigenvalue weighted by Gasteiger charge is 2.52. The second kappa shape index (κ2) is 5.19. The smallest absolute Gasteiger partial charge is 0.237 e. The molecule has 0 radical (unpaired) electrons. The fourth-order valence-electron chi connectivity index (χ4n) is 2.84. The Morgan fingerprint density at radius 1 is 1.20 bits per heavy atom. The van der Waals surface area contributed by atoms with Crippen molar-refractivity contribution in [3.63, 3.8) is 0 Å². The molecule has 104 valence electrons. The lowest BCUT2D eigenvalue weighted by atomic mass is 9.86. The lowest BCUT2D eigenvalue weighted by Gasteiger charge is -2.27. The van der Waals surface area contributed by atoms with E-state index in [9.17, 15) is 0 Å². The Hall–Kier alpha value is -1.98. The molecule has 2 aromatic rings. The van der Waals surface area contributed by atoms with Gasteiger partial charge < -0.3 is 4.74 Å². The third-order valence-electron chi connectivity index (χ3n) is 4.01. The van der Waals surface area contributed by atoms with Crippen molar-refractivity contribution in [1.29, 1.82) is 0 Å². The second-order valence-corrected chi connectivity index (χ2v) is 5.07. The Bertz CT molecular complexity index is 583. The van der Waals surface area contributed by atoms with Crippen LogP contribution in [-0.4, -0.2) is 17.1 Å². The zero-order valence-corrected chi connectivity index (χ0v) is 11.4. The van der Waals surface area contributed by atoms with Crippen LogP contribution in [0.1, 0.15) is 30.1 Å². The summed E-state index contributed by atoms with van der Waals surface area (Å²) in [5, 5.41) is 0. The van der Waals surface area contributed by atoms with E-state index in [4.69, 9.17) is 10.6 Å². The van der Waals surface area contributed by atoms with Crippen molar-refractivity contribution in [3.8, 4) is 5.88 Å². The van der Waals surface area contributed by atoms with Gasteiger partial charge in [-0.15, -0.1) is 0 Å². The van der Waals surface area contributed by atoms with E-state index in [1.54, 1.807) is 19.5 Å². The minimum absolute atomic E-state index is 0.0146. The van der Waals surface area contributed by atoms with Crippen LogP contribution in [0.4, 0.5) is 0 Å². The van der Waals surface area contributed by atoms with Gasteiger partial charge in [0.25, 0.3) is 0 Å². The molecule has 1 fully saturated rings. The molecule has 20 heavy (non-hydrogen) atoms. The highest BCUT2D eigenvalue weighted by atomic mass is 16.5. The average Bonchev–Trinajstić information content (AvgIpc) is 3.31. The first-order valence-electron chi connectivity index (χ1n) is 6.68. The van der Waals surface area contributed by atoms with Gasteiger partial charge in [-0.05, 0) is 18.4 Å². The van der Waals surface area contributed by atoms with Crippen LogP contribution < -0.4 is 16.0 Å². The van der Waals surface area contributed by atoms with Crippen LogP contribution in [0.3, 0.4) is 0 Å². The maximum Gasteiger partial charge on any atom is 0.237 e. The number of nitrogens with one attached hydrogen (secondary N) is 1. The molecule has 3 N–H and O–H groups in total. The zero-order chi connectivity index (χ0) is 14.0. The topological polar surface area (TPSA) is 73.1 Å². The van der Waals surface area contributed by atoms with E-state index in [-0.39, 0.29) is 11.5 Å². The monoisotopic (exact) mass is 270 g/mol. The van der Waals surface area contributed by atoms with Crippen molar-refractivity contribution < 1.29 is 4.74 Å². The predicted molar refractivity (Wildman–Crippen MR) is 76.0 cm³/mol. The average molecular weight is 270 g/mol.